The predicted octanol–water partition coefficient (Wildman–Crippen LogP) is 3.24. The van der Waals surface area contributed by atoms with Crippen LogP contribution in [0.25, 0.3) is 0 Å². The van der Waals surface area contributed by atoms with Gasteiger partial charge in [-0.1, -0.05) is 18.2 Å². The smallest absolute Gasteiger partial charge is 0.224 e. The van der Waals surface area contributed by atoms with E-state index in [4.69, 9.17) is 4.74 Å². The number of aryl methyl sites for hydroxylation is 2. The van der Waals surface area contributed by atoms with Gasteiger partial charge >= 0.3 is 0 Å². The number of ether oxygens (including phenoxy) is 1. The normalized spacial score (nSPS) is 19.0. The molecule has 8 heteroatoms. The Balaban J connectivity index is 1.55. The fourth-order valence-corrected chi connectivity index (χ4v) is 5.29. The topological polar surface area (TPSA) is 70.9 Å². The van der Waals surface area contributed by atoms with E-state index >= 15 is 0 Å². The molecule has 0 unspecified atom stereocenters. The number of hydrogen-bond donors (Lipinski definition) is 0. The highest BCUT2D eigenvalue weighted by Gasteiger charge is 2.25. The molecule has 0 aliphatic carbocycles. The maximum atomic E-state index is 13.4. The van der Waals surface area contributed by atoms with Crippen LogP contribution in [0.3, 0.4) is 0 Å². The number of rotatable bonds is 4. The monoisotopic (exact) mass is 481 g/mol. The van der Waals surface area contributed by atoms with Gasteiger partial charge in [-0.05, 0) is 44.2 Å². The Labute approximate surface area is 208 Å². The van der Waals surface area contributed by atoms with Gasteiger partial charge in [0, 0.05) is 89.9 Å². The van der Waals surface area contributed by atoms with E-state index in [1.807, 2.05) is 51.8 Å². The van der Waals surface area contributed by atoms with E-state index in [-0.39, 0.29) is 11.8 Å². The third kappa shape index (κ3) is 6.70. The second kappa shape index (κ2) is 12.3. The molecule has 8 nitrogen and oxygen atoms in total. The number of carbonyl (C=O) groups is 2. The second-order valence-electron chi connectivity index (χ2n) is 9.62. The molecular formula is C27H39N5O3. The molecule has 2 aliphatic heterocycles. The molecule has 1 fully saturated rings. The van der Waals surface area contributed by atoms with Gasteiger partial charge < -0.3 is 24.0 Å². The Hall–Kier alpha value is -2.71. The number of nitrogens with zero attached hydrogens (tertiary/aromatic N) is 5. The third-order valence-corrected chi connectivity index (χ3v) is 7.27. The van der Waals surface area contributed by atoms with Gasteiger partial charge in [0.15, 0.2) is 0 Å². The van der Waals surface area contributed by atoms with Crippen molar-refractivity contribution >= 4 is 17.5 Å². The standard InChI is InChI=1S/C27H39N5O3/c1-22-28-12-18-29(22)17-9-27(34)31-15-5-13-30(25-10-19-35-20-11-25)14-6-16-32(23(2)33)26-8-4-3-7-24(26)21-31/h3-4,7-8,12,18,25H,5-6,9-11,13-17,19-21H2,1-2H3. The van der Waals surface area contributed by atoms with Crippen LogP contribution in [-0.4, -0.2) is 76.6 Å². The van der Waals surface area contributed by atoms with Crippen LogP contribution < -0.4 is 4.90 Å². The number of carbonyl (C=O) groups excluding carboxylic acids is 2. The summed E-state index contributed by atoms with van der Waals surface area (Å²) in [6, 6.07) is 8.54. The van der Waals surface area contributed by atoms with Crippen molar-refractivity contribution < 1.29 is 14.3 Å². The van der Waals surface area contributed by atoms with Crippen LogP contribution in [-0.2, 0) is 27.4 Å². The van der Waals surface area contributed by atoms with Crippen LogP contribution in [0.5, 0.6) is 0 Å². The van der Waals surface area contributed by atoms with Crippen LogP contribution in [0.1, 0.15) is 50.4 Å². The van der Waals surface area contributed by atoms with Crippen LogP contribution in [0.15, 0.2) is 36.7 Å². The lowest BCUT2D eigenvalue weighted by atomic mass is 10.1. The summed E-state index contributed by atoms with van der Waals surface area (Å²) in [5.74, 6) is 1.10. The van der Waals surface area contributed by atoms with Crippen molar-refractivity contribution in [2.24, 2.45) is 0 Å². The summed E-state index contributed by atoms with van der Waals surface area (Å²) in [5, 5.41) is 0. The third-order valence-electron chi connectivity index (χ3n) is 7.27. The van der Waals surface area contributed by atoms with Gasteiger partial charge in [-0.15, -0.1) is 0 Å². The van der Waals surface area contributed by atoms with E-state index in [1.54, 1.807) is 13.1 Å². The molecule has 35 heavy (non-hydrogen) atoms. The molecule has 0 saturated carbocycles. The lowest BCUT2D eigenvalue weighted by Gasteiger charge is -2.36. The van der Waals surface area contributed by atoms with Gasteiger partial charge in [-0.3, -0.25) is 9.59 Å². The van der Waals surface area contributed by atoms with Crippen molar-refractivity contribution in [3.8, 4) is 0 Å². The Bertz CT molecular complexity index is 985. The number of imidazole rings is 1. The van der Waals surface area contributed by atoms with Crippen LogP contribution in [0, 0.1) is 6.92 Å². The van der Waals surface area contributed by atoms with E-state index in [9.17, 15) is 9.59 Å². The van der Waals surface area contributed by atoms with Gasteiger partial charge in [-0.2, -0.15) is 0 Å². The first-order chi connectivity index (χ1) is 17.0. The number of para-hydroxylation sites is 1. The van der Waals surface area contributed by atoms with E-state index < -0.39 is 0 Å². The number of aromatic nitrogens is 2. The molecule has 0 radical (unpaired) electrons. The average molecular weight is 482 g/mol. The minimum atomic E-state index is 0.0422. The van der Waals surface area contributed by atoms with Crippen molar-refractivity contribution in [1.82, 2.24) is 19.4 Å². The summed E-state index contributed by atoms with van der Waals surface area (Å²) in [6.45, 7) is 9.64. The number of hydrogen-bond acceptors (Lipinski definition) is 5. The highest BCUT2D eigenvalue weighted by Crippen LogP contribution is 2.25. The van der Waals surface area contributed by atoms with Gasteiger partial charge in [-0.25, -0.2) is 4.98 Å². The van der Waals surface area contributed by atoms with Crippen molar-refractivity contribution in [3.63, 3.8) is 0 Å². The van der Waals surface area contributed by atoms with E-state index in [0.29, 0.717) is 38.6 Å². The highest BCUT2D eigenvalue weighted by molar-refractivity contribution is 5.92. The molecular weight excluding hydrogens is 442 g/mol. The number of anilines is 1. The minimum Gasteiger partial charge on any atom is -0.381 e. The summed E-state index contributed by atoms with van der Waals surface area (Å²) in [6.07, 6.45) is 8.08. The van der Waals surface area contributed by atoms with Crippen LogP contribution in [0.4, 0.5) is 5.69 Å². The van der Waals surface area contributed by atoms with Crippen LogP contribution in [0.2, 0.25) is 0 Å². The first kappa shape index (κ1) is 25.4. The molecule has 2 amide bonds. The maximum absolute atomic E-state index is 13.4. The van der Waals surface area contributed by atoms with Crippen molar-refractivity contribution in [3.05, 3.63) is 48.0 Å². The molecule has 0 bridgehead atoms. The van der Waals surface area contributed by atoms with Gasteiger partial charge in [0.2, 0.25) is 11.8 Å². The first-order valence-electron chi connectivity index (χ1n) is 13.0. The maximum Gasteiger partial charge on any atom is 0.224 e. The molecule has 2 aliphatic rings. The van der Waals surface area contributed by atoms with Gasteiger partial charge in [0.25, 0.3) is 0 Å². The summed E-state index contributed by atoms with van der Waals surface area (Å²) >= 11 is 0. The Morgan fingerprint density at radius 1 is 1.06 bits per heavy atom. The fourth-order valence-electron chi connectivity index (χ4n) is 5.29. The first-order valence-corrected chi connectivity index (χ1v) is 13.0. The van der Waals surface area contributed by atoms with E-state index in [2.05, 4.69) is 9.88 Å². The lowest BCUT2D eigenvalue weighted by molar-refractivity contribution is -0.132. The van der Waals surface area contributed by atoms with E-state index in [1.165, 1.54) is 0 Å². The largest absolute Gasteiger partial charge is 0.381 e. The predicted molar refractivity (Wildman–Crippen MR) is 136 cm³/mol. The number of fused-ring (bicyclic) bond motifs is 1. The molecule has 4 rings (SSSR count). The molecule has 190 valence electrons. The SMILES string of the molecule is CC(=O)N1CCCN(C2CCOCC2)CCCN(C(=O)CCn2ccnc2C)Cc2ccccc21. The van der Waals surface area contributed by atoms with E-state index in [0.717, 1.165) is 69.1 Å². The Kier molecular flexibility index (Phi) is 8.93. The molecule has 1 saturated heterocycles. The zero-order chi connectivity index (χ0) is 24.6. The average Bonchev–Trinajstić information content (AvgIpc) is 3.27. The second-order valence-corrected chi connectivity index (χ2v) is 9.62. The molecule has 0 spiro atoms. The summed E-state index contributed by atoms with van der Waals surface area (Å²) < 4.78 is 7.61. The van der Waals surface area contributed by atoms with Gasteiger partial charge in [0.05, 0.1) is 0 Å². The number of benzene rings is 1. The molecule has 1 aromatic heterocycles. The van der Waals surface area contributed by atoms with Crippen LogP contribution >= 0.6 is 0 Å². The Morgan fingerprint density at radius 2 is 1.80 bits per heavy atom. The minimum absolute atomic E-state index is 0.0422. The summed E-state index contributed by atoms with van der Waals surface area (Å²) in [7, 11) is 0. The molecule has 1 aromatic carbocycles. The molecule has 0 N–H and O–H groups in total. The fraction of sp³-hybridized carbons (Fsp3) is 0.593. The zero-order valence-corrected chi connectivity index (χ0v) is 21.2. The quantitative estimate of drug-likeness (QED) is 0.671. The molecule has 3 heterocycles. The zero-order valence-electron chi connectivity index (χ0n) is 21.2. The van der Waals surface area contributed by atoms with Crippen molar-refractivity contribution in [2.75, 3.05) is 44.3 Å². The number of amides is 2. The lowest BCUT2D eigenvalue weighted by Crippen LogP contribution is -2.43. The molecule has 2 aromatic rings. The Morgan fingerprint density at radius 3 is 2.51 bits per heavy atom. The van der Waals surface area contributed by atoms with Gasteiger partial charge in [0.1, 0.15) is 5.82 Å². The highest BCUT2D eigenvalue weighted by atomic mass is 16.5. The summed E-state index contributed by atoms with van der Waals surface area (Å²) in [4.78, 5) is 36.8. The molecule has 0 atom stereocenters. The summed E-state index contributed by atoms with van der Waals surface area (Å²) in [5.41, 5.74) is 1.94. The van der Waals surface area contributed by atoms with Crippen molar-refractivity contribution in [1.29, 1.82) is 0 Å². The van der Waals surface area contributed by atoms with Crippen molar-refractivity contribution in [2.45, 2.75) is 65.1 Å².